The molecule has 1 aliphatic carbocycles. The Bertz CT molecular complexity index is 504. The maximum Gasteiger partial charge on any atom is 0.307 e. The van der Waals surface area contributed by atoms with E-state index in [-0.39, 0.29) is 11.6 Å². The standard InChI is InChI=1S/C23H40O4/c1-7-9-10-11-12-15-20(24)25-23(16-13-14-17-23)19-18-22(5,6)27-26-21(3,4)8-2/h7-17H2,1-6H3. The van der Waals surface area contributed by atoms with E-state index >= 15 is 0 Å². The lowest BCUT2D eigenvalue weighted by Gasteiger charge is -2.28. The Morgan fingerprint density at radius 2 is 1.59 bits per heavy atom. The van der Waals surface area contributed by atoms with Gasteiger partial charge in [0.05, 0.1) is 5.60 Å². The Balaban J connectivity index is 2.61. The summed E-state index contributed by atoms with van der Waals surface area (Å²) < 4.78 is 5.86. The third kappa shape index (κ3) is 9.63. The Kier molecular flexibility index (Phi) is 9.84. The van der Waals surface area contributed by atoms with E-state index in [9.17, 15) is 4.79 Å². The van der Waals surface area contributed by atoms with Gasteiger partial charge in [-0.05, 0) is 66.2 Å². The second-order valence-corrected chi connectivity index (χ2v) is 8.88. The van der Waals surface area contributed by atoms with Crippen LogP contribution in [0.2, 0.25) is 0 Å². The minimum absolute atomic E-state index is 0.121. The van der Waals surface area contributed by atoms with E-state index < -0.39 is 11.2 Å². The zero-order chi connectivity index (χ0) is 20.4. The molecule has 0 radical (unpaired) electrons. The smallest absolute Gasteiger partial charge is 0.307 e. The minimum atomic E-state index is -0.755. The van der Waals surface area contributed by atoms with E-state index in [1.54, 1.807) is 0 Å². The highest BCUT2D eigenvalue weighted by Crippen LogP contribution is 2.33. The zero-order valence-electron chi connectivity index (χ0n) is 18.4. The van der Waals surface area contributed by atoms with Gasteiger partial charge in [0.25, 0.3) is 0 Å². The average Bonchev–Trinajstić information content (AvgIpc) is 3.07. The molecule has 0 saturated heterocycles. The molecule has 0 spiro atoms. The highest BCUT2D eigenvalue weighted by atomic mass is 17.2. The van der Waals surface area contributed by atoms with Crippen LogP contribution < -0.4 is 0 Å². The quantitative estimate of drug-likeness (QED) is 0.142. The summed E-state index contributed by atoms with van der Waals surface area (Å²) in [5, 5.41) is 0. The Morgan fingerprint density at radius 3 is 2.19 bits per heavy atom. The molecule has 0 unspecified atom stereocenters. The maximum atomic E-state index is 12.3. The van der Waals surface area contributed by atoms with Gasteiger partial charge in [-0.15, -0.1) is 0 Å². The summed E-state index contributed by atoms with van der Waals surface area (Å²) in [5.74, 6) is 6.27. The van der Waals surface area contributed by atoms with Crippen molar-refractivity contribution in [2.45, 2.75) is 129 Å². The summed E-state index contributed by atoms with van der Waals surface area (Å²) >= 11 is 0. The maximum absolute atomic E-state index is 12.3. The topological polar surface area (TPSA) is 44.8 Å². The number of rotatable bonds is 11. The van der Waals surface area contributed by atoms with Gasteiger partial charge in [0.2, 0.25) is 0 Å². The molecule has 4 nitrogen and oxygen atoms in total. The second kappa shape index (κ2) is 11.1. The Morgan fingerprint density at radius 1 is 0.963 bits per heavy atom. The van der Waals surface area contributed by atoms with Crippen molar-refractivity contribution in [3.05, 3.63) is 0 Å². The van der Waals surface area contributed by atoms with E-state index in [0.717, 1.165) is 44.9 Å². The normalized spacial score (nSPS) is 16.7. The molecular weight excluding hydrogens is 340 g/mol. The van der Waals surface area contributed by atoms with Crippen LogP contribution in [0.25, 0.3) is 0 Å². The fourth-order valence-electron chi connectivity index (χ4n) is 2.90. The van der Waals surface area contributed by atoms with Crippen molar-refractivity contribution in [2.24, 2.45) is 0 Å². The fraction of sp³-hybridized carbons (Fsp3) is 0.870. The molecule has 1 aliphatic rings. The van der Waals surface area contributed by atoms with E-state index in [2.05, 4.69) is 25.7 Å². The molecule has 1 fully saturated rings. The lowest BCUT2D eigenvalue weighted by Crippen LogP contribution is -2.33. The fourth-order valence-corrected chi connectivity index (χ4v) is 2.90. The first kappa shape index (κ1) is 24.0. The molecule has 27 heavy (non-hydrogen) atoms. The number of esters is 1. The van der Waals surface area contributed by atoms with E-state index in [4.69, 9.17) is 14.5 Å². The van der Waals surface area contributed by atoms with Gasteiger partial charge in [0.1, 0.15) is 0 Å². The number of carbonyl (C=O) groups is 1. The number of hydrogen-bond acceptors (Lipinski definition) is 4. The van der Waals surface area contributed by atoms with Crippen LogP contribution in [-0.2, 0) is 19.3 Å². The Hall–Kier alpha value is -1.05. The van der Waals surface area contributed by atoms with Crippen LogP contribution in [-0.4, -0.2) is 22.8 Å². The largest absolute Gasteiger partial charge is 0.446 e. The molecule has 0 atom stereocenters. The van der Waals surface area contributed by atoms with Gasteiger partial charge in [-0.3, -0.25) is 4.79 Å². The predicted octanol–water partition coefficient (Wildman–Crippen LogP) is 6.12. The van der Waals surface area contributed by atoms with Crippen LogP contribution in [0, 0.1) is 11.8 Å². The van der Waals surface area contributed by atoms with Crippen LogP contribution in [0.15, 0.2) is 0 Å². The summed E-state index contributed by atoms with van der Waals surface area (Å²) in [6.07, 6.45) is 10.6. The first-order chi connectivity index (χ1) is 12.6. The van der Waals surface area contributed by atoms with Gasteiger partial charge in [0.15, 0.2) is 11.2 Å². The number of ether oxygens (including phenoxy) is 1. The molecule has 1 saturated carbocycles. The van der Waals surface area contributed by atoms with Gasteiger partial charge in [0, 0.05) is 6.42 Å². The molecule has 0 amide bonds. The number of unbranched alkanes of at least 4 members (excludes halogenated alkanes) is 4. The minimum Gasteiger partial charge on any atom is -0.446 e. The molecule has 0 N–H and O–H groups in total. The monoisotopic (exact) mass is 380 g/mol. The first-order valence-electron chi connectivity index (χ1n) is 10.8. The molecule has 4 heteroatoms. The third-order valence-corrected chi connectivity index (χ3v) is 5.12. The highest BCUT2D eigenvalue weighted by molar-refractivity contribution is 5.70. The zero-order valence-corrected chi connectivity index (χ0v) is 18.4. The molecule has 0 aliphatic heterocycles. The van der Waals surface area contributed by atoms with Crippen molar-refractivity contribution in [3.8, 4) is 11.8 Å². The van der Waals surface area contributed by atoms with Gasteiger partial charge < -0.3 is 4.74 Å². The molecule has 0 heterocycles. The lowest BCUT2D eigenvalue weighted by atomic mass is 10.0. The van der Waals surface area contributed by atoms with E-state index in [1.165, 1.54) is 19.3 Å². The summed E-state index contributed by atoms with van der Waals surface area (Å²) in [4.78, 5) is 23.4. The van der Waals surface area contributed by atoms with Crippen molar-refractivity contribution >= 4 is 5.97 Å². The number of carbonyl (C=O) groups excluding carboxylic acids is 1. The molecular formula is C23H40O4. The van der Waals surface area contributed by atoms with Crippen LogP contribution >= 0.6 is 0 Å². The SMILES string of the molecule is CCCCCCCC(=O)OC1(C#CC(C)(C)OOC(C)(C)CC)CCCC1. The summed E-state index contributed by atoms with van der Waals surface area (Å²) in [7, 11) is 0. The van der Waals surface area contributed by atoms with Crippen molar-refractivity contribution in [3.63, 3.8) is 0 Å². The van der Waals surface area contributed by atoms with Gasteiger partial charge in [-0.2, -0.15) is 0 Å². The van der Waals surface area contributed by atoms with Gasteiger partial charge in [-0.25, -0.2) is 9.78 Å². The molecule has 0 aromatic carbocycles. The summed E-state index contributed by atoms with van der Waals surface area (Å²) in [6, 6.07) is 0. The van der Waals surface area contributed by atoms with Crippen LogP contribution in [0.4, 0.5) is 0 Å². The van der Waals surface area contributed by atoms with Crippen molar-refractivity contribution < 1.29 is 19.3 Å². The van der Waals surface area contributed by atoms with E-state index in [1.807, 2.05) is 27.7 Å². The molecule has 156 valence electrons. The van der Waals surface area contributed by atoms with Crippen molar-refractivity contribution in [2.75, 3.05) is 0 Å². The molecule has 1 rings (SSSR count). The Labute approximate surface area is 166 Å². The summed E-state index contributed by atoms with van der Waals surface area (Å²) in [6.45, 7) is 12.0. The van der Waals surface area contributed by atoms with Gasteiger partial charge in [-0.1, -0.05) is 51.4 Å². The predicted molar refractivity (Wildman–Crippen MR) is 109 cm³/mol. The van der Waals surface area contributed by atoms with Crippen LogP contribution in [0.1, 0.15) is 112 Å². The number of hydrogen-bond donors (Lipinski definition) is 0. The average molecular weight is 381 g/mol. The van der Waals surface area contributed by atoms with Crippen LogP contribution in [0.3, 0.4) is 0 Å². The highest BCUT2D eigenvalue weighted by Gasteiger charge is 2.36. The summed E-state index contributed by atoms with van der Waals surface area (Å²) in [5.41, 5.74) is -1.76. The van der Waals surface area contributed by atoms with E-state index in [0.29, 0.717) is 6.42 Å². The molecule has 0 bridgehead atoms. The first-order valence-corrected chi connectivity index (χ1v) is 10.8. The molecule has 0 aromatic heterocycles. The molecule has 0 aromatic rings. The van der Waals surface area contributed by atoms with Crippen molar-refractivity contribution in [1.29, 1.82) is 0 Å². The third-order valence-electron chi connectivity index (χ3n) is 5.12. The second-order valence-electron chi connectivity index (χ2n) is 8.88. The van der Waals surface area contributed by atoms with Crippen LogP contribution in [0.5, 0.6) is 0 Å². The van der Waals surface area contributed by atoms with Gasteiger partial charge >= 0.3 is 5.97 Å². The van der Waals surface area contributed by atoms with Crippen molar-refractivity contribution in [1.82, 2.24) is 0 Å². The lowest BCUT2D eigenvalue weighted by molar-refractivity contribution is -0.388.